The van der Waals surface area contributed by atoms with E-state index in [0.29, 0.717) is 5.03 Å². The highest BCUT2D eigenvalue weighted by Crippen LogP contribution is 2.14. The lowest BCUT2D eigenvalue weighted by atomic mass is 10.7. The number of rotatable bonds is 3. The summed E-state index contributed by atoms with van der Waals surface area (Å²) in [5.74, 6) is 0.143. The van der Waals surface area contributed by atoms with E-state index >= 15 is 0 Å². The van der Waals surface area contributed by atoms with Crippen molar-refractivity contribution in [2.45, 2.75) is 5.03 Å². The van der Waals surface area contributed by atoms with Crippen molar-refractivity contribution in [1.82, 2.24) is 9.97 Å². The van der Waals surface area contributed by atoms with Crippen LogP contribution in [0.25, 0.3) is 0 Å². The van der Waals surface area contributed by atoms with Crippen molar-refractivity contribution >= 4 is 23.7 Å². The number of nitrogens with two attached hydrogens (primary N) is 1. The smallest absolute Gasteiger partial charge is 0.316 e. The molecule has 0 aliphatic rings. The molecular weight excluding hydrogens is 190 g/mol. The van der Waals surface area contributed by atoms with Gasteiger partial charge < -0.3 is 10.5 Å². The van der Waals surface area contributed by atoms with Crippen molar-refractivity contribution in [3.05, 3.63) is 12.3 Å². The number of nitrogens with zero attached hydrogens (tertiary/aromatic N) is 2. The second-order valence-corrected chi connectivity index (χ2v) is 3.11. The molecule has 5 nitrogen and oxygen atoms in total. The zero-order chi connectivity index (χ0) is 9.68. The number of hydrogen-bond donors (Lipinski definition) is 1. The molecule has 0 radical (unpaired) electrons. The Labute approximate surface area is 79.7 Å². The average molecular weight is 199 g/mol. The summed E-state index contributed by atoms with van der Waals surface area (Å²) in [5, 5.41) is 0.665. The van der Waals surface area contributed by atoms with E-state index in [9.17, 15) is 4.79 Å². The van der Waals surface area contributed by atoms with E-state index in [-0.39, 0.29) is 17.7 Å². The highest BCUT2D eigenvalue weighted by Gasteiger charge is 2.02. The SMILES string of the molecule is COC(=O)CSc1ccnc(N)n1. The van der Waals surface area contributed by atoms with Crippen molar-refractivity contribution in [2.24, 2.45) is 0 Å². The number of hydrogen-bond acceptors (Lipinski definition) is 6. The molecule has 6 heteroatoms. The maximum Gasteiger partial charge on any atom is 0.316 e. The molecule has 1 rings (SSSR count). The Morgan fingerprint density at radius 3 is 3.15 bits per heavy atom. The van der Waals surface area contributed by atoms with Crippen LogP contribution in [0.2, 0.25) is 0 Å². The fraction of sp³-hybridized carbons (Fsp3) is 0.286. The van der Waals surface area contributed by atoms with E-state index < -0.39 is 0 Å². The Hall–Kier alpha value is -1.30. The second kappa shape index (κ2) is 4.66. The average Bonchev–Trinajstić information content (AvgIpc) is 2.14. The van der Waals surface area contributed by atoms with Crippen molar-refractivity contribution in [1.29, 1.82) is 0 Å². The highest BCUT2D eigenvalue weighted by molar-refractivity contribution is 7.99. The molecular formula is C7H9N3O2S. The minimum Gasteiger partial charge on any atom is -0.468 e. The van der Waals surface area contributed by atoms with Gasteiger partial charge in [0.1, 0.15) is 5.03 Å². The van der Waals surface area contributed by atoms with E-state index in [0.717, 1.165) is 0 Å². The summed E-state index contributed by atoms with van der Waals surface area (Å²) in [5.41, 5.74) is 5.35. The second-order valence-electron chi connectivity index (χ2n) is 2.12. The summed E-state index contributed by atoms with van der Waals surface area (Å²) in [4.78, 5) is 18.4. The first kappa shape index (κ1) is 9.79. The van der Waals surface area contributed by atoms with Crippen molar-refractivity contribution in [3.63, 3.8) is 0 Å². The van der Waals surface area contributed by atoms with Gasteiger partial charge in [0.15, 0.2) is 0 Å². The Balaban J connectivity index is 2.50. The molecule has 1 aromatic heterocycles. The predicted octanol–water partition coefficient (Wildman–Crippen LogP) is 0.324. The largest absolute Gasteiger partial charge is 0.468 e. The maximum absolute atomic E-state index is 10.8. The molecule has 0 atom stereocenters. The predicted molar refractivity (Wildman–Crippen MR) is 49.2 cm³/mol. The van der Waals surface area contributed by atoms with Gasteiger partial charge in [-0.05, 0) is 6.07 Å². The number of anilines is 1. The van der Waals surface area contributed by atoms with Gasteiger partial charge in [0.05, 0.1) is 12.9 Å². The molecule has 1 aromatic rings. The van der Waals surface area contributed by atoms with E-state index in [2.05, 4.69) is 14.7 Å². The molecule has 13 heavy (non-hydrogen) atoms. The van der Waals surface area contributed by atoms with Crippen LogP contribution in [0.15, 0.2) is 17.3 Å². The fourth-order valence-electron chi connectivity index (χ4n) is 0.629. The first-order valence-corrected chi connectivity index (χ1v) is 4.49. The summed E-state index contributed by atoms with van der Waals surface area (Å²) in [6.45, 7) is 0. The molecule has 0 unspecified atom stereocenters. The minimum absolute atomic E-state index is 0.204. The third kappa shape index (κ3) is 3.29. The molecule has 2 N–H and O–H groups in total. The number of thioether (sulfide) groups is 1. The first-order valence-electron chi connectivity index (χ1n) is 3.50. The molecule has 70 valence electrons. The quantitative estimate of drug-likeness (QED) is 0.429. The molecule has 1 heterocycles. The number of methoxy groups -OCH3 is 1. The topological polar surface area (TPSA) is 78.1 Å². The van der Waals surface area contributed by atoms with Gasteiger partial charge in [-0.1, -0.05) is 11.8 Å². The van der Waals surface area contributed by atoms with Gasteiger partial charge in [-0.15, -0.1) is 0 Å². The molecule has 0 bridgehead atoms. The van der Waals surface area contributed by atoms with Gasteiger partial charge in [0.25, 0.3) is 0 Å². The molecule has 0 saturated heterocycles. The van der Waals surface area contributed by atoms with Crippen LogP contribution in [0.1, 0.15) is 0 Å². The van der Waals surface area contributed by atoms with Crippen LogP contribution in [0.5, 0.6) is 0 Å². The van der Waals surface area contributed by atoms with Gasteiger partial charge in [-0.25, -0.2) is 9.97 Å². The van der Waals surface area contributed by atoms with E-state index in [4.69, 9.17) is 5.73 Å². The monoisotopic (exact) mass is 199 g/mol. The third-order valence-corrected chi connectivity index (χ3v) is 2.12. The van der Waals surface area contributed by atoms with Crippen LogP contribution in [0.3, 0.4) is 0 Å². The van der Waals surface area contributed by atoms with Crippen molar-refractivity contribution in [2.75, 3.05) is 18.6 Å². The summed E-state index contributed by atoms with van der Waals surface area (Å²) in [6.07, 6.45) is 1.54. The third-order valence-electron chi connectivity index (χ3n) is 1.21. The van der Waals surface area contributed by atoms with E-state index in [1.165, 1.54) is 18.9 Å². The number of carbonyl (C=O) groups excluding carboxylic acids is 1. The van der Waals surface area contributed by atoms with Crippen LogP contribution >= 0.6 is 11.8 Å². The number of nitrogen functional groups attached to an aromatic ring is 1. The minimum atomic E-state index is -0.290. The van der Waals surface area contributed by atoms with E-state index in [1.807, 2.05) is 0 Å². The lowest BCUT2D eigenvalue weighted by molar-refractivity contribution is -0.137. The Morgan fingerprint density at radius 1 is 1.77 bits per heavy atom. The van der Waals surface area contributed by atoms with Crippen molar-refractivity contribution < 1.29 is 9.53 Å². The number of aromatic nitrogens is 2. The molecule has 0 amide bonds. The Kier molecular flexibility index (Phi) is 3.51. The zero-order valence-electron chi connectivity index (χ0n) is 7.06. The van der Waals surface area contributed by atoms with Crippen LogP contribution < -0.4 is 5.73 Å². The lowest BCUT2D eigenvalue weighted by Crippen LogP contribution is -2.03. The van der Waals surface area contributed by atoms with Gasteiger partial charge in [-0.3, -0.25) is 4.79 Å². The number of carbonyl (C=O) groups is 1. The van der Waals surface area contributed by atoms with Gasteiger partial charge >= 0.3 is 5.97 Å². The van der Waals surface area contributed by atoms with E-state index in [1.54, 1.807) is 12.3 Å². The lowest BCUT2D eigenvalue weighted by Gasteiger charge is -1.99. The molecule has 0 aliphatic carbocycles. The molecule has 0 saturated carbocycles. The van der Waals surface area contributed by atoms with Crippen molar-refractivity contribution in [3.8, 4) is 0 Å². The summed E-state index contributed by atoms with van der Waals surface area (Å²) >= 11 is 1.26. The first-order chi connectivity index (χ1) is 6.22. The molecule has 0 spiro atoms. The van der Waals surface area contributed by atoms with Crippen LogP contribution in [-0.4, -0.2) is 28.8 Å². The van der Waals surface area contributed by atoms with Crippen LogP contribution in [0.4, 0.5) is 5.95 Å². The van der Waals surface area contributed by atoms with Gasteiger partial charge in [-0.2, -0.15) is 0 Å². The zero-order valence-corrected chi connectivity index (χ0v) is 7.87. The fourth-order valence-corrected chi connectivity index (χ4v) is 1.33. The summed E-state index contributed by atoms with van der Waals surface area (Å²) in [7, 11) is 1.34. The molecule has 0 aromatic carbocycles. The normalized spacial score (nSPS) is 9.62. The Morgan fingerprint density at radius 2 is 2.54 bits per heavy atom. The number of ether oxygens (including phenoxy) is 1. The standard InChI is InChI=1S/C7H9N3O2S/c1-12-6(11)4-13-5-2-3-9-7(8)10-5/h2-3H,4H2,1H3,(H2,8,9,10). The number of esters is 1. The van der Waals surface area contributed by atoms with Crippen LogP contribution in [0, 0.1) is 0 Å². The Bertz CT molecular complexity index is 306. The molecule has 0 fully saturated rings. The molecule has 0 aliphatic heterocycles. The van der Waals surface area contributed by atoms with Gasteiger partial charge in [0.2, 0.25) is 5.95 Å². The van der Waals surface area contributed by atoms with Crippen LogP contribution in [-0.2, 0) is 9.53 Å². The summed E-state index contributed by atoms with van der Waals surface area (Å²) < 4.78 is 4.47. The highest BCUT2D eigenvalue weighted by atomic mass is 32.2. The summed E-state index contributed by atoms with van der Waals surface area (Å²) in [6, 6.07) is 1.68. The maximum atomic E-state index is 10.8. The van der Waals surface area contributed by atoms with Gasteiger partial charge in [0, 0.05) is 6.20 Å².